The molecule has 2 saturated carbocycles. The molecule has 2 aliphatic carbocycles. The third-order valence-corrected chi connectivity index (χ3v) is 4.70. The Hall–Kier alpha value is -1.50. The minimum absolute atomic E-state index is 0.165. The minimum Gasteiger partial charge on any atom is -0.481 e. The molecule has 6 nitrogen and oxygen atoms in total. The predicted octanol–water partition coefficient (Wildman–Crippen LogP) is 1.22. The minimum atomic E-state index is -0.848. The standard InChI is InChI=1S/C11H13N3O3S/c15-9(13-11-14-12-4-18-11)7-5-1-2-6(3-5)8(7)10(16)17/h4-8H,1-3H2,(H,16,17)(H,13,14,15)/t5-,6-,7+,8+/m0/s1. The van der Waals surface area contributed by atoms with Gasteiger partial charge in [0.2, 0.25) is 11.0 Å². The Morgan fingerprint density at radius 1 is 1.33 bits per heavy atom. The Balaban J connectivity index is 1.78. The fourth-order valence-corrected chi connectivity index (χ4v) is 3.89. The van der Waals surface area contributed by atoms with Crippen LogP contribution in [-0.2, 0) is 9.59 Å². The maximum atomic E-state index is 12.2. The molecule has 18 heavy (non-hydrogen) atoms. The molecule has 1 aromatic rings. The van der Waals surface area contributed by atoms with Crippen LogP contribution in [0.15, 0.2) is 5.51 Å². The second kappa shape index (κ2) is 4.31. The molecule has 1 aromatic heterocycles. The van der Waals surface area contributed by atoms with E-state index in [1.165, 1.54) is 16.8 Å². The lowest BCUT2D eigenvalue weighted by atomic mass is 9.79. The molecule has 0 aliphatic heterocycles. The number of fused-ring (bicyclic) bond motifs is 2. The fraction of sp³-hybridized carbons (Fsp3) is 0.636. The molecule has 96 valence electrons. The number of anilines is 1. The van der Waals surface area contributed by atoms with Crippen LogP contribution in [-0.4, -0.2) is 27.2 Å². The molecule has 0 saturated heterocycles. The number of carbonyl (C=O) groups is 2. The SMILES string of the molecule is O=C(O)[C@@H]1[C@H]2CC[C@@H](C2)[C@H]1C(=O)Nc1nncs1. The summed E-state index contributed by atoms with van der Waals surface area (Å²) in [5.74, 6) is -1.63. The second-order valence-electron chi connectivity index (χ2n) is 4.96. The lowest BCUT2D eigenvalue weighted by Crippen LogP contribution is -2.37. The van der Waals surface area contributed by atoms with Crippen molar-refractivity contribution < 1.29 is 14.7 Å². The first kappa shape index (κ1) is 11.6. The molecule has 3 rings (SSSR count). The summed E-state index contributed by atoms with van der Waals surface area (Å²) in [6.07, 6.45) is 2.76. The number of aromatic nitrogens is 2. The van der Waals surface area contributed by atoms with Crippen LogP contribution in [0.4, 0.5) is 5.13 Å². The number of hydrogen-bond acceptors (Lipinski definition) is 5. The van der Waals surface area contributed by atoms with Gasteiger partial charge in [-0.3, -0.25) is 9.59 Å². The molecule has 2 bridgehead atoms. The molecule has 0 unspecified atom stereocenters. The summed E-state index contributed by atoms with van der Waals surface area (Å²) in [4.78, 5) is 23.5. The first-order valence-electron chi connectivity index (χ1n) is 5.96. The second-order valence-corrected chi connectivity index (χ2v) is 5.79. The van der Waals surface area contributed by atoms with E-state index in [1.54, 1.807) is 0 Å². The number of nitrogens with one attached hydrogen (secondary N) is 1. The van der Waals surface area contributed by atoms with E-state index in [1.807, 2.05) is 0 Å². The summed E-state index contributed by atoms with van der Waals surface area (Å²) in [5.41, 5.74) is 1.53. The third-order valence-electron chi connectivity index (χ3n) is 4.09. The smallest absolute Gasteiger partial charge is 0.307 e. The summed E-state index contributed by atoms with van der Waals surface area (Å²) in [6.45, 7) is 0. The Kier molecular flexibility index (Phi) is 2.77. The topological polar surface area (TPSA) is 92.2 Å². The molecule has 2 fully saturated rings. The van der Waals surface area contributed by atoms with Crippen molar-refractivity contribution in [3.8, 4) is 0 Å². The molecular formula is C11H13N3O3S. The quantitative estimate of drug-likeness (QED) is 0.859. The molecule has 0 spiro atoms. The molecule has 0 aromatic carbocycles. The van der Waals surface area contributed by atoms with E-state index in [2.05, 4.69) is 15.5 Å². The van der Waals surface area contributed by atoms with E-state index < -0.39 is 17.8 Å². The lowest BCUT2D eigenvalue weighted by molar-refractivity contribution is -0.148. The highest BCUT2D eigenvalue weighted by Crippen LogP contribution is 2.52. The number of carboxylic acids is 1. The summed E-state index contributed by atoms with van der Waals surface area (Å²) in [6, 6.07) is 0. The van der Waals surface area contributed by atoms with Crippen LogP contribution in [0.25, 0.3) is 0 Å². The van der Waals surface area contributed by atoms with Gasteiger partial charge in [-0.25, -0.2) is 0 Å². The first-order valence-corrected chi connectivity index (χ1v) is 6.84. The van der Waals surface area contributed by atoms with Crippen molar-refractivity contribution in [2.75, 3.05) is 5.32 Å². The monoisotopic (exact) mass is 267 g/mol. The zero-order valence-electron chi connectivity index (χ0n) is 9.57. The van der Waals surface area contributed by atoms with Crippen molar-refractivity contribution in [2.24, 2.45) is 23.7 Å². The van der Waals surface area contributed by atoms with E-state index in [4.69, 9.17) is 0 Å². The Morgan fingerprint density at radius 3 is 2.67 bits per heavy atom. The van der Waals surface area contributed by atoms with Gasteiger partial charge in [-0.2, -0.15) is 0 Å². The van der Waals surface area contributed by atoms with Crippen LogP contribution in [0.5, 0.6) is 0 Å². The zero-order chi connectivity index (χ0) is 12.7. The predicted molar refractivity (Wildman–Crippen MR) is 64.0 cm³/mol. The summed E-state index contributed by atoms with van der Waals surface area (Å²) < 4.78 is 0. The number of amides is 1. The summed E-state index contributed by atoms with van der Waals surface area (Å²) in [7, 11) is 0. The van der Waals surface area contributed by atoms with Gasteiger partial charge in [0, 0.05) is 0 Å². The molecule has 1 heterocycles. The third kappa shape index (κ3) is 1.78. The van der Waals surface area contributed by atoms with Crippen LogP contribution >= 0.6 is 11.3 Å². The number of hydrogen-bond donors (Lipinski definition) is 2. The van der Waals surface area contributed by atoms with Gasteiger partial charge in [-0.05, 0) is 31.1 Å². The Morgan fingerprint density at radius 2 is 2.06 bits per heavy atom. The largest absolute Gasteiger partial charge is 0.481 e. The van der Waals surface area contributed by atoms with Crippen LogP contribution in [0.1, 0.15) is 19.3 Å². The van der Waals surface area contributed by atoms with Crippen molar-refractivity contribution in [1.82, 2.24) is 10.2 Å². The van der Waals surface area contributed by atoms with E-state index in [-0.39, 0.29) is 17.7 Å². The van der Waals surface area contributed by atoms with Gasteiger partial charge in [-0.15, -0.1) is 10.2 Å². The normalized spacial score (nSPS) is 33.6. The van der Waals surface area contributed by atoms with Crippen LogP contribution in [0.3, 0.4) is 0 Å². The maximum absolute atomic E-state index is 12.2. The summed E-state index contributed by atoms with van der Waals surface area (Å²) in [5, 5.41) is 19.8. The highest BCUT2D eigenvalue weighted by atomic mass is 32.1. The van der Waals surface area contributed by atoms with Crippen molar-refractivity contribution in [3.63, 3.8) is 0 Å². The van der Waals surface area contributed by atoms with Gasteiger partial charge in [0.25, 0.3) is 0 Å². The van der Waals surface area contributed by atoms with Gasteiger partial charge in [0.15, 0.2) is 0 Å². The number of carbonyl (C=O) groups excluding carboxylic acids is 1. The van der Waals surface area contributed by atoms with Crippen molar-refractivity contribution in [1.29, 1.82) is 0 Å². The number of aliphatic carboxylic acids is 1. The van der Waals surface area contributed by atoms with E-state index in [9.17, 15) is 14.7 Å². The molecule has 2 aliphatic rings. The van der Waals surface area contributed by atoms with Gasteiger partial charge in [0.05, 0.1) is 11.8 Å². The molecule has 2 N–H and O–H groups in total. The van der Waals surface area contributed by atoms with Crippen molar-refractivity contribution in [2.45, 2.75) is 19.3 Å². The number of rotatable bonds is 3. The molecule has 1 amide bonds. The zero-order valence-corrected chi connectivity index (χ0v) is 10.4. The highest BCUT2D eigenvalue weighted by molar-refractivity contribution is 7.13. The van der Waals surface area contributed by atoms with Crippen molar-refractivity contribution in [3.05, 3.63) is 5.51 Å². The number of carboxylic acid groups (broad SMARTS) is 1. The van der Waals surface area contributed by atoms with Gasteiger partial charge in [-0.1, -0.05) is 11.3 Å². The van der Waals surface area contributed by atoms with E-state index in [0.717, 1.165) is 19.3 Å². The molecule has 0 radical (unpaired) electrons. The van der Waals surface area contributed by atoms with E-state index in [0.29, 0.717) is 5.13 Å². The Labute approximate surface area is 107 Å². The maximum Gasteiger partial charge on any atom is 0.307 e. The van der Waals surface area contributed by atoms with E-state index >= 15 is 0 Å². The lowest BCUT2D eigenvalue weighted by Gasteiger charge is -2.26. The van der Waals surface area contributed by atoms with Gasteiger partial charge < -0.3 is 10.4 Å². The summed E-state index contributed by atoms with van der Waals surface area (Å²) >= 11 is 1.24. The Bertz CT molecular complexity index is 476. The average molecular weight is 267 g/mol. The van der Waals surface area contributed by atoms with Crippen LogP contribution < -0.4 is 5.32 Å². The first-order chi connectivity index (χ1) is 8.66. The fourth-order valence-electron chi connectivity index (χ4n) is 3.44. The highest BCUT2D eigenvalue weighted by Gasteiger charge is 2.54. The van der Waals surface area contributed by atoms with Gasteiger partial charge in [0.1, 0.15) is 5.51 Å². The van der Waals surface area contributed by atoms with Crippen LogP contribution in [0, 0.1) is 23.7 Å². The van der Waals surface area contributed by atoms with Crippen LogP contribution in [0.2, 0.25) is 0 Å². The van der Waals surface area contributed by atoms with Crippen molar-refractivity contribution >= 4 is 28.3 Å². The molecule has 7 heteroatoms. The van der Waals surface area contributed by atoms with Gasteiger partial charge >= 0.3 is 5.97 Å². The number of nitrogens with zero attached hydrogens (tertiary/aromatic N) is 2. The molecular weight excluding hydrogens is 254 g/mol. The average Bonchev–Trinajstić information content (AvgIpc) is 3.03. The molecule has 4 atom stereocenters.